The van der Waals surface area contributed by atoms with E-state index in [2.05, 4.69) is 31.1 Å². The summed E-state index contributed by atoms with van der Waals surface area (Å²) in [5.74, 6) is -2.34. The van der Waals surface area contributed by atoms with Gasteiger partial charge < -0.3 is 5.11 Å². The zero-order valence-electron chi connectivity index (χ0n) is 17.2. The molecule has 0 radical (unpaired) electrons. The van der Waals surface area contributed by atoms with Crippen LogP contribution in [0.4, 0.5) is 4.79 Å². The molecule has 7 nitrogen and oxygen atoms in total. The summed E-state index contributed by atoms with van der Waals surface area (Å²) in [5.41, 5.74) is 0.608. The molecule has 0 bridgehead atoms. The minimum atomic E-state index is -1.12. The number of carbonyl (C=O) groups excluding carboxylic acids is 3. The van der Waals surface area contributed by atoms with Crippen molar-refractivity contribution in [1.82, 2.24) is 10.2 Å². The van der Waals surface area contributed by atoms with Crippen molar-refractivity contribution in [2.75, 3.05) is 6.54 Å². The van der Waals surface area contributed by atoms with Crippen molar-refractivity contribution in [2.24, 2.45) is 21.7 Å². The second-order valence-electron chi connectivity index (χ2n) is 9.39. The maximum absolute atomic E-state index is 12.8. The number of aliphatic hydroxyl groups is 1. The molecule has 1 heterocycles. The SMILES string of the molecule is CC1(C)C[C@@H](O)C[C@@](C)(CN=CC2C(=O)NC(=O)N(Cc3ccccc3)C2=O)C1. The number of carbonyl (C=O) groups is 3. The van der Waals surface area contributed by atoms with E-state index < -0.39 is 23.8 Å². The molecule has 3 atom stereocenters. The van der Waals surface area contributed by atoms with Gasteiger partial charge in [-0.15, -0.1) is 0 Å². The highest BCUT2D eigenvalue weighted by atomic mass is 16.3. The van der Waals surface area contributed by atoms with Crippen molar-refractivity contribution < 1.29 is 19.5 Å². The van der Waals surface area contributed by atoms with Gasteiger partial charge in [-0.1, -0.05) is 51.1 Å². The minimum absolute atomic E-state index is 0.0128. The normalized spacial score (nSPS) is 29.9. The van der Waals surface area contributed by atoms with Gasteiger partial charge in [-0.25, -0.2) is 4.79 Å². The lowest BCUT2D eigenvalue weighted by Gasteiger charge is -2.44. The average Bonchev–Trinajstić information content (AvgIpc) is 2.60. The first-order valence-electron chi connectivity index (χ1n) is 9.97. The summed E-state index contributed by atoms with van der Waals surface area (Å²) in [6, 6.07) is 8.43. The van der Waals surface area contributed by atoms with Crippen molar-refractivity contribution in [3.05, 3.63) is 35.9 Å². The molecule has 1 aromatic rings. The number of imide groups is 2. The highest BCUT2D eigenvalue weighted by Crippen LogP contribution is 2.46. The number of aliphatic imine (C=N–C) groups is 1. The molecule has 1 saturated carbocycles. The Bertz CT molecular complexity index is 821. The molecule has 156 valence electrons. The molecule has 2 aliphatic rings. The number of urea groups is 1. The van der Waals surface area contributed by atoms with Crippen molar-refractivity contribution >= 4 is 24.1 Å². The zero-order chi connectivity index (χ0) is 21.2. The fraction of sp³-hybridized carbons (Fsp3) is 0.545. The number of amides is 4. The highest BCUT2D eigenvalue weighted by molar-refractivity contribution is 6.23. The molecule has 1 aliphatic carbocycles. The van der Waals surface area contributed by atoms with Gasteiger partial charge in [0.25, 0.3) is 0 Å². The Balaban J connectivity index is 1.69. The lowest BCUT2D eigenvalue weighted by atomic mass is 9.63. The molecule has 0 aromatic heterocycles. The Morgan fingerprint density at radius 3 is 2.52 bits per heavy atom. The first-order chi connectivity index (χ1) is 13.6. The van der Waals surface area contributed by atoms with E-state index >= 15 is 0 Å². The van der Waals surface area contributed by atoms with Crippen molar-refractivity contribution in [1.29, 1.82) is 0 Å². The number of nitrogens with one attached hydrogen (secondary N) is 1. The fourth-order valence-corrected chi connectivity index (χ4v) is 4.76. The molecule has 1 aromatic carbocycles. The van der Waals surface area contributed by atoms with E-state index in [0.717, 1.165) is 23.3 Å². The van der Waals surface area contributed by atoms with E-state index in [9.17, 15) is 19.5 Å². The Kier molecular flexibility index (Phi) is 5.89. The third-order valence-electron chi connectivity index (χ3n) is 5.62. The van der Waals surface area contributed by atoms with Gasteiger partial charge >= 0.3 is 6.03 Å². The van der Waals surface area contributed by atoms with Gasteiger partial charge in [-0.05, 0) is 35.7 Å². The maximum atomic E-state index is 12.8. The molecule has 1 aliphatic heterocycles. The Morgan fingerprint density at radius 2 is 1.86 bits per heavy atom. The van der Waals surface area contributed by atoms with Crippen LogP contribution in [-0.2, 0) is 16.1 Å². The molecular formula is C22H29N3O4. The summed E-state index contributed by atoms with van der Waals surface area (Å²) in [4.78, 5) is 42.6. The monoisotopic (exact) mass is 399 g/mol. The predicted molar refractivity (Wildman–Crippen MR) is 109 cm³/mol. The van der Waals surface area contributed by atoms with Crippen LogP contribution in [0.2, 0.25) is 0 Å². The highest BCUT2D eigenvalue weighted by Gasteiger charge is 2.42. The van der Waals surface area contributed by atoms with Gasteiger partial charge in [0.05, 0.1) is 12.6 Å². The number of aliphatic hydroxyl groups excluding tert-OH is 1. The minimum Gasteiger partial charge on any atom is -0.393 e. The number of barbiturate groups is 1. The summed E-state index contributed by atoms with van der Waals surface area (Å²) in [6.45, 7) is 6.84. The predicted octanol–water partition coefficient (Wildman–Crippen LogP) is 2.53. The smallest absolute Gasteiger partial charge is 0.331 e. The van der Waals surface area contributed by atoms with E-state index in [1.807, 2.05) is 30.3 Å². The van der Waals surface area contributed by atoms with E-state index in [1.54, 1.807) is 0 Å². The lowest BCUT2D eigenvalue weighted by molar-refractivity contribution is -0.139. The van der Waals surface area contributed by atoms with Crippen molar-refractivity contribution in [2.45, 2.75) is 52.7 Å². The number of nitrogens with zero attached hydrogens (tertiary/aromatic N) is 2. The summed E-state index contributed by atoms with van der Waals surface area (Å²) < 4.78 is 0. The van der Waals surface area contributed by atoms with Gasteiger partial charge in [0.2, 0.25) is 11.8 Å². The molecule has 2 fully saturated rings. The van der Waals surface area contributed by atoms with E-state index in [1.165, 1.54) is 6.21 Å². The molecule has 1 unspecified atom stereocenters. The second kappa shape index (κ2) is 8.06. The van der Waals surface area contributed by atoms with Crippen molar-refractivity contribution in [3.8, 4) is 0 Å². The molecule has 4 amide bonds. The Morgan fingerprint density at radius 1 is 1.17 bits per heavy atom. The largest absolute Gasteiger partial charge is 0.393 e. The third-order valence-corrected chi connectivity index (χ3v) is 5.62. The Hall–Kier alpha value is -2.54. The van der Waals surface area contributed by atoms with Crippen LogP contribution in [0.15, 0.2) is 35.3 Å². The molecule has 1 saturated heterocycles. The van der Waals surface area contributed by atoms with Gasteiger partial charge in [-0.3, -0.25) is 24.8 Å². The topological polar surface area (TPSA) is 99.1 Å². The van der Waals surface area contributed by atoms with Crippen LogP contribution in [0.3, 0.4) is 0 Å². The number of rotatable bonds is 5. The second-order valence-corrected chi connectivity index (χ2v) is 9.39. The van der Waals surface area contributed by atoms with Gasteiger partial charge in [0, 0.05) is 12.8 Å². The molecule has 7 heteroatoms. The summed E-state index contributed by atoms with van der Waals surface area (Å²) in [5, 5.41) is 12.4. The molecule has 2 N–H and O–H groups in total. The molecule has 3 rings (SSSR count). The van der Waals surface area contributed by atoms with Gasteiger partial charge in [0.1, 0.15) is 0 Å². The first kappa shape index (κ1) is 21.2. The van der Waals surface area contributed by atoms with Crippen LogP contribution >= 0.6 is 0 Å². The summed E-state index contributed by atoms with van der Waals surface area (Å²) in [6.07, 6.45) is 3.26. The van der Waals surface area contributed by atoms with Gasteiger partial charge in [0.15, 0.2) is 5.92 Å². The lowest BCUT2D eigenvalue weighted by Crippen LogP contribution is -2.57. The van der Waals surface area contributed by atoms with E-state index in [0.29, 0.717) is 13.0 Å². The maximum Gasteiger partial charge on any atom is 0.331 e. The number of benzene rings is 1. The quantitative estimate of drug-likeness (QED) is 0.587. The average molecular weight is 399 g/mol. The standard InChI is InChI=1S/C22H29N3O4/c1-21(2)9-16(26)10-22(3,13-21)14-23-11-17-18(27)24-20(29)25(19(17)28)12-15-7-5-4-6-8-15/h4-8,11,16-17,26H,9-10,12-14H2,1-3H3,(H,24,27,29)/t16-,17?,22-/m1/s1. The fourth-order valence-electron chi connectivity index (χ4n) is 4.76. The molecule has 29 heavy (non-hydrogen) atoms. The van der Waals surface area contributed by atoms with Crippen LogP contribution < -0.4 is 5.32 Å². The number of hydrogen-bond acceptors (Lipinski definition) is 5. The van der Waals surface area contributed by atoms with Crippen LogP contribution in [0, 0.1) is 16.7 Å². The zero-order valence-corrected chi connectivity index (χ0v) is 17.2. The van der Waals surface area contributed by atoms with E-state index in [4.69, 9.17) is 0 Å². The number of hydrogen-bond donors (Lipinski definition) is 2. The Labute approximate surface area is 171 Å². The molecular weight excluding hydrogens is 370 g/mol. The van der Waals surface area contributed by atoms with Gasteiger partial charge in [-0.2, -0.15) is 0 Å². The molecule has 0 spiro atoms. The first-order valence-corrected chi connectivity index (χ1v) is 9.97. The van der Waals surface area contributed by atoms with Crippen LogP contribution in [0.5, 0.6) is 0 Å². The van der Waals surface area contributed by atoms with Crippen LogP contribution in [0.1, 0.15) is 45.6 Å². The van der Waals surface area contributed by atoms with E-state index in [-0.39, 0.29) is 23.5 Å². The summed E-state index contributed by atoms with van der Waals surface area (Å²) in [7, 11) is 0. The van der Waals surface area contributed by atoms with Crippen LogP contribution in [-0.4, -0.2) is 46.7 Å². The van der Waals surface area contributed by atoms with Crippen LogP contribution in [0.25, 0.3) is 0 Å². The summed E-state index contributed by atoms with van der Waals surface area (Å²) >= 11 is 0. The van der Waals surface area contributed by atoms with Crippen molar-refractivity contribution in [3.63, 3.8) is 0 Å². The third kappa shape index (κ3) is 5.09.